The minimum absolute atomic E-state index is 0.132. The highest BCUT2D eigenvalue weighted by molar-refractivity contribution is 7.89. The van der Waals surface area contributed by atoms with Gasteiger partial charge in [-0.05, 0) is 35.7 Å². The number of pyridine rings is 1. The molecule has 0 saturated heterocycles. The van der Waals surface area contributed by atoms with Gasteiger partial charge in [-0.2, -0.15) is 0 Å². The van der Waals surface area contributed by atoms with Gasteiger partial charge in [0, 0.05) is 12.5 Å². The maximum atomic E-state index is 12.5. The van der Waals surface area contributed by atoms with E-state index in [4.69, 9.17) is 5.73 Å². The Bertz CT molecular complexity index is 1210. The number of nitrogens with zero attached hydrogens (tertiary/aromatic N) is 3. The van der Waals surface area contributed by atoms with Gasteiger partial charge in [0.05, 0.1) is 4.90 Å². The van der Waals surface area contributed by atoms with Crippen molar-refractivity contribution < 1.29 is 8.42 Å². The number of fused-ring (bicyclic) bond motifs is 1. The molecule has 0 aliphatic rings. The summed E-state index contributed by atoms with van der Waals surface area (Å²) in [5.74, 6) is 0.219. The number of hydrogen-bond donors (Lipinski definition) is 3. The fourth-order valence-corrected chi connectivity index (χ4v) is 4.43. The summed E-state index contributed by atoms with van der Waals surface area (Å²) in [5, 5.41) is 10.7. The summed E-state index contributed by atoms with van der Waals surface area (Å²) >= 11 is 0. The molecule has 4 aromatic rings. The average molecular weight is 408 g/mol. The first kappa shape index (κ1) is 19.0. The monoisotopic (exact) mass is 408 g/mol. The summed E-state index contributed by atoms with van der Waals surface area (Å²) in [4.78, 5) is 4.46. The summed E-state index contributed by atoms with van der Waals surface area (Å²) in [6.07, 6.45) is 0.515. The van der Waals surface area contributed by atoms with Gasteiger partial charge >= 0.3 is 0 Å². The lowest BCUT2D eigenvalue weighted by atomic mass is 9.88. The molecule has 9 heteroatoms. The molecule has 0 saturated carbocycles. The zero-order valence-electron chi connectivity index (χ0n) is 15.5. The van der Waals surface area contributed by atoms with Gasteiger partial charge in [-0.15, -0.1) is 5.10 Å². The van der Waals surface area contributed by atoms with E-state index in [0.29, 0.717) is 23.4 Å². The summed E-state index contributed by atoms with van der Waals surface area (Å²) in [6, 6.07) is 19.9. The number of H-pyrrole nitrogens is 1. The summed E-state index contributed by atoms with van der Waals surface area (Å²) in [7, 11) is -3.58. The van der Waals surface area contributed by atoms with Crippen LogP contribution in [-0.4, -0.2) is 35.4 Å². The first-order chi connectivity index (χ1) is 14.0. The van der Waals surface area contributed by atoms with Crippen LogP contribution in [0.25, 0.3) is 11.2 Å². The van der Waals surface area contributed by atoms with Crippen LogP contribution in [0.2, 0.25) is 0 Å². The number of anilines is 1. The van der Waals surface area contributed by atoms with Gasteiger partial charge in [-0.3, -0.25) is 0 Å². The van der Waals surface area contributed by atoms with E-state index < -0.39 is 10.0 Å². The molecule has 0 radical (unpaired) electrons. The predicted molar refractivity (Wildman–Crippen MR) is 111 cm³/mol. The molecule has 2 heterocycles. The lowest BCUT2D eigenvalue weighted by molar-refractivity contribution is 0.575. The van der Waals surface area contributed by atoms with E-state index in [0.717, 1.165) is 11.1 Å². The van der Waals surface area contributed by atoms with Crippen molar-refractivity contribution in [3.8, 4) is 0 Å². The Morgan fingerprint density at radius 3 is 2.45 bits per heavy atom. The predicted octanol–water partition coefficient (Wildman–Crippen LogP) is 2.44. The molecule has 1 unspecified atom stereocenters. The highest BCUT2D eigenvalue weighted by Crippen LogP contribution is 2.32. The van der Waals surface area contributed by atoms with Crippen molar-refractivity contribution in [1.29, 1.82) is 0 Å². The Labute approximate surface area is 168 Å². The van der Waals surface area contributed by atoms with Crippen molar-refractivity contribution in [1.82, 2.24) is 25.1 Å². The Balaban J connectivity index is 1.63. The normalized spacial score (nSPS) is 12.8. The van der Waals surface area contributed by atoms with Crippen LogP contribution in [-0.2, 0) is 10.0 Å². The maximum Gasteiger partial charge on any atom is 0.240 e. The molecule has 0 aliphatic carbocycles. The van der Waals surface area contributed by atoms with Crippen LogP contribution in [0.5, 0.6) is 0 Å². The molecule has 0 fully saturated rings. The quantitative estimate of drug-likeness (QED) is 0.431. The number of aromatic nitrogens is 4. The third-order valence-electron chi connectivity index (χ3n) is 4.70. The highest BCUT2D eigenvalue weighted by atomic mass is 32.2. The lowest BCUT2D eigenvalue weighted by Crippen LogP contribution is -2.26. The molecule has 1 atom stereocenters. The van der Waals surface area contributed by atoms with E-state index in [1.54, 1.807) is 36.4 Å². The molecule has 29 heavy (non-hydrogen) atoms. The largest absolute Gasteiger partial charge is 0.384 e. The topological polar surface area (TPSA) is 127 Å². The van der Waals surface area contributed by atoms with Gasteiger partial charge in [0.1, 0.15) is 11.3 Å². The number of rotatable bonds is 7. The first-order valence-electron chi connectivity index (χ1n) is 9.11. The van der Waals surface area contributed by atoms with Crippen molar-refractivity contribution in [2.75, 3.05) is 12.3 Å². The van der Waals surface area contributed by atoms with Gasteiger partial charge in [0.15, 0.2) is 5.65 Å². The number of aromatic amines is 1. The van der Waals surface area contributed by atoms with Crippen LogP contribution in [0, 0.1) is 0 Å². The van der Waals surface area contributed by atoms with Crippen molar-refractivity contribution in [2.45, 2.75) is 17.2 Å². The molecule has 0 bridgehead atoms. The Morgan fingerprint density at radius 1 is 1.03 bits per heavy atom. The van der Waals surface area contributed by atoms with Crippen LogP contribution < -0.4 is 10.5 Å². The number of hydrogen-bond acceptors (Lipinski definition) is 6. The van der Waals surface area contributed by atoms with E-state index in [2.05, 4.69) is 25.1 Å². The zero-order valence-corrected chi connectivity index (χ0v) is 16.3. The van der Waals surface area contributed by atoms with E-state index in [-0.39, 0.29) is 17.4 Å². The van der Waals surface area contributed by atoms with E-state index in [1.807, 2.05) is 30.3 Å². The molecule has 2 aromatic heterocycles. The number of nitrogens with two attached hydrogens (primary N) is 1. The molecule has 8 nitrogen and oxygen atoms in total. The third kappa shape index (κ3) is 4.10. The standard InChI is InChI=1S/C20H20N6O2S/c21-18-13-17(19-20(23-18)25-26-24-19)16(14-7-3-1-4-8-14)11-12-22-29(27,28)15-9-5-2-6-10-15/h1-10,13,16,22H,11-12H2,(H3,21,23,24,25,26). The van der Waals surface area contributed by atoms with Gasteiger partial charge in [0.25, 0.3) is 0 Å². The molecule has 2 aromatic carbocycles. The molecular weight excluding hydrogens is 388 g/mol. The Kier molecular flexibility index (Phi) is 5.24. The SMILES string of the molecule is Nc1cc(C(CCNS(=O)(=O)c2ccccc2)c2ccccc2)c2nn[nH]c2n1. The number of sulfonamides is 1. The maximum absolute atomic E-state index is 12.5. The summed E-state index contributed by atoms with van der Waals surface area (Å²) in [5.41, 5.74) is 8.99. The highest BCUT2D eigenvalue weighted by Gasteiger charge is 2.21. The molecule has 0 amide bonds. The second kappa shape index (κ2) is 7.98. The molecule has 4 N–H and O–H groups in total. The van der Waals surface area contributed by atoms with Crippen molar-refractivity contribution in [3.05, 3.63) is 77.9 Å². The Hall–Kier alpha value is -3.30. The molecule has 0 spiro atoms. The van der Waals surface area contributed by atoms with Crippen molar-refractivity contribution in [3.63, 3.8) is 0 Å². The number of benzene rings is 2. The van der Waals surface area contributed by atoms with Crippen LogP contribution in [0.1, 0.15) is 23.5 Å². The molecule has 4 rings (SSSR count). The lowest BCUT2D eigenvalue weighted by Gasteiger charge is -2.19. The van der Waals surface area contributed by atoms with Crippen molar-refractivity contribution in [2.24, 2.45) is 0 Å². The van der Waals surface area contributed by atoms with E-state index in [9.17, 15) is 8.42 Å². The first-order valence-corrected chi connectivity index (χ1v) is 10.6. The van der Waals surface area contributed by atoms with Crippen molar-refractivity contribution >= 4 is 27.0 Å². The minimum atomic E-state index is -3.58. The average Bonchev–Trinajstić information content (AvgIpc) is 3.20. The van der Waals surface area contributed by atoms with Gasteiger partial charge in [-0.25, -0.2) is 23.2 Å². The summed E-state index contributed by atoms with van der Waals surface area (Å²) in [6.45, 7) is 0.248. The van der Waals surface area contributed by atoms with Crippen LogP contribution >= 0.6 is 0 Å². The van der Waals surface area contributed by atoms with Gasteiger partial charge in [0.2, 0.25) is 10.0 Å². The number of nitrogen functional groups attached to an aromatic ring is 1. The fourth-order valence-electron chi connectivity index (χ4n) is 3.36. The smallest absolute Gasteiger partial charge is 0.240 e. The fraction of sp³-hybridized carbons (Fsp3) is 0.150. The van der Waals surface area contributed by atoms with Gasteiger partial charge in [-0.1, -0.05) is 53.7 Å². The zero-order chi connectivity index (χ0) is 20.3. The number of nitrogens with one attached hydrogen (secondary N) is 2. The molecule has 148 valence electrons. The molecular formula is C20H20N6O2S. The van der Waals surface area contributed by atoms with E-state index >= 15 is 0 Å². The van der Waals surface area contributed by atoms with E-state index in [1.165, 1.54) is 0 Å². The minimum Gasteiger partial charge on any atom is -0.384 e. The van der Waals surface area contributed by atoms with Gasteiger partial charge < -0.3 is 5.73 Å². The van der Waals surface area contributed by atoms with Crippen LogP contribution in [0.4, 0.5) is 5.82 Å². The summed E-state index contributed by atoms with van der Waals surface area (Å²) < 4.78 is 27.8. The Morgan fingerprint density at radius 2 is 1.72 bits per heavy atom. The second-order valence-electron chi connectivity index (χ2n) is 6.61. The molecule has 0 aliphatic heterocycles. The third-order valence-corrected chi connectivity index (χ3v) is 6.18. The van der Waals surface area contributed by atoms with Crippen LogP contribution in [0.15, 0.2) is 71.6 Å². The van der Waals surface area contributed by atoms with Crippen LogP contribution in [0.3, 0.4) is 0 Å². The second-order valence-corrected chi connectivity index (χ2v) is 8.38.